The molecule has 0 aromatic heterocycles. The molecule has 4 rings (SSSR count). The van der Waals surface area contributed by atoms with E-state index >= 15 is 0 Å². The topological polar surface area (TPSA) is 72.9 Å². The molecule has 1 saturated heterocycles. The van der Waals surface area contributed by atoms with E-state index in [9.17, 15) is 14.7 Å². The first-order chi connectivity index (χ1) is 16.8. The molecule has 2 aliphatic heterocycles. The number of amides is 2. The Kier molecular flexibility index (Phi) is 7.99. The number of fused-ring (bicyclic) bond motifs is 1. The summed E-state index contributed by atoms with van der Waals surface area (Å²) in [5.74, 6) is -0.324. The van der Waals surface area contributed by atoms with E-state index in [0.717, 1.165) is 18.7 Å². The predicted octanol–water partition coefficient (Wildman–Crippen LogP) is 3.78. The number of β-amino-alcohol motifs (C(OH)–C–C–N with tert-alkyl or cyclic N) is 1. The van der Waals surface area contributed by atoms with E-state index in [0.29, 0.717) is 6.54 Å². The van der Waals surface area contributed by atoms with Crippen molar-refractivity contribution in [1.82, 2.24) is 15.1 Å². The van der Waals surface area contributed by atoms with Crippen LogP contribution in [0, 0.1) is 0 Å². The van der Waals surface area contributed by atoms with Crippen LogP contribution in [0.25, 0.3) is 4.91 Å². The van der Waals surface area contributed by atoms with Gasteiger partial charge in [-0.1, -0.05) is 54.1 Å². The van der Waals surface area contributed by atoms with Crippen molar-refractivity contribution in [3.63, 3.8) is 0 Å². The fraction of sp³-hybridized carbons (Fsp3) is 0.429. The number of nitrogens with zero attached hydrogens (tertiary/aromatic N) is 2. The highest BCUT2D eigenvalue weighted by atomic mass is 32.2. The lowest BCUT2D eigenvalue weighted by Gasteiger charge is -2.30. The summed E-state index contributed by atoms with van der Waals surface area (Å²) >= 11 is 1.73. The molecule has 2 aromatic rings. The molecule has 0 bridgehead atoms. The van der Waals surface area contributed by atoms with Crippen LogP contribution < -0.4 is 5.32 Å². The van der Waals surface area contributed by atoms with Crippen LogP contribution in [0.1, 0.15) is 49.4 Å². The molecule has 0 aliphatic carbocycles. The SMILES string of the molecule is CSC(=C(C)C)c1ccc(CNC(=O)C2CC(O)CN2C(=O)C(C)N2Cc3ccccc3C2)cc1. The summed E-state index contributed by atoms with van der Waals surface area (Å²) in [6.45, 7) is 8.11. The van der Waals surface area contributed by atoms with Crippen LogP contribution in [0.2, 0.25) is 0 Å². The van der Waals surface area contributed by atoms with E-state index in [1.54, 1.807) is 16.7 Å². The largest absolute Gasteiger partial charge is 0.391 e. The Labute approximate surface area is 212 Å². The van der Waals surface area contributed by atoms with Crippen LogP contribution in [-0.2, 0) is 29.2 Å². The van der Waals surface area contributed by atoms with E-state index in [2.05, 4.69) is 54.6 Å². The number of likely N-dealkylation sites (tertiary alicyclic amines) is 1. The Morgan fingerprint density at radius 2 is 1.71 bits per heavy atom. The molecule has 1 fully saturated rings. The molecule has 2 aromatic carbocycles. The second-order valence-corrected chi connectivity index (χ2v) is 10.5. The van der Waals surface area contributed by atoms with Crippen LogP contribution in [0.3, 0.4) is 0 Å². The second kappa shape index (κ2) is 11.0. The third-order valence-electron chi connectivity index (χ3n) is 6.98. The van der Waals surface area contributed by atoms with Crippen molar-refractivity contribution in [1.29, 1.82) is 0 Å². The van der Waals surface area contributed by atoms with Crippen LogP contribution in [0.5, 0.6) is 0 Å². The number of benzene rings is 2. The maximum atomic E-state index is 13.4. The van der Waals surface area contributed by atoms with E-state index in [1.165, 1.54) is 27.2 Å². The monoisotopic (exact) mass is 493 g/mol. The molecule has 7 heteroatoms. The van der Waals surface area contributed by atoms with Crippen LogP contribution >= 0.6 is 11.8 Å². The van der Waals surface area contributed by atoms with Crippen molar-refractivity contribution in [2.75, 3.05) is 12.8 Å². The quantitative estimate of drug-likeness (QED) is 0.614. The minimum Gasteiger partial charge on any atom is -0.391 e. The Morgan fingerprint density at radius 3 is 2.29 bits per heavy atom. The summed E-state index contributed by atoms with van der Waals surface area (Å²) in [5.41, 5.74) is 5.92. The Hall–Kier alpha value is -2.61. The number of allylic oxidation sites excluding steroid dienone is 1. The summed E-state index contributed by atoms with van der Waals surface area (Å²) in [6.07, 6.45) is 1.65. The maximum Gasteiger partial charge on any atom is 0.243 e. The first-order valence-corrected chi connectivity index (χ1v) is 13.4. The van der Waals surface area contributed by atoms with Gasteiger partial charge in [-0.05, 0) is 49.3 Å². The van der Waals surface area contributed by atoms with Gasteiger partial charge in [-0.15, -0.1) is 11.8 Å². The smallest absolute Gasteiger partial charge is 0.243 e. The third kappa shape index (κ3) is 5.63. The summed E-state index contributed by atoms with van der Waals surface area (Å²) in [4.78, 5) is 31.4. The fourth-order valence-electron chi connectivity index (χ4n) is 5.03. The average molecular weight is 494 g/mol. The zero-order valence-corrected chi connectivity index (χ0v) is 21.8. The molecule has 186 valence electrons. The molecule has 6 nitrogen and oxygen atoms in total. The number of aliphatic hydroxyl groups excluding tert-OH is 1. The van der Waals surface area contributed by atoms with Crippen LogP contribution in [0.4, 0.5) is 0 Å². The molecular formula is C28H35N3O3S. The molecule has 2 heterocycles. The number of carbonyl (C=O) groups is 2. The zero-order chi connectivity index (χ0) is 25.1. The fourth-order valence-corrected chi connectivity index (χ4v) is 5.81. The van der Waals surface area contributed by atoms with Crippen molar-refractivity contribution in [3.8, 4) is 0 Å². The van der Waals surface area contributed by atoms with Crippen molar-refractivity contribution < 1.29 is 14.7 Å². The minimum absolute atomic E-state index is 0.106. The van der Waals surface area contributed by atoms with Crippen molar-refractivity contribution in [3.05, 3.63) is 76.4 Å². The normalized spacial score (nSPS) is 20.4. The molecule has 3 unspecified atom stereocenters. The number of hydrogen-bond acceptors (Lipinski definition) is 5. The van der Waals surface area contributed by atoms with Gasteiger partial charge in [-0.3, -0.25) is 14.5 Å². The maximum absolute atomic E-state index is 13.4. The van der Waals surface area contributed by atoms with Gasteiger partial charge in [-0.2, -0.15) is 0 Å². The number of thioether (sulfide) groups is 1. The second-order valence-electron chi connectivity index (χ2n) is 9.69. The van der Waals surface area contributed by atoms with Gasteiger partial charge in [0.2, 0.25) is 11.8 Å². The van der Waals surface area contributed by atoms with Gasteiger partial charge in [0.05, 0.1) is 12.1 Å². The first kappa shape index (κ1) is 25.5. The van der Waals surface area contributed by atoms with Gasteiger partial charge in [0, 0.05) is 37.5 Å². The minimum atomic E-state index is -0.689. The summed E-state index contributed by atoms with van der Waals surface area (Å²) in [6, 6.07) is 15.4. The summed E-state index contributed by atoms with van der Waals surface area (Å²) < 4.78 is 0. The number of hydrogen-bond donors (Lipinski definition) is 2. The molecule has 0 spiro atoms. The Balaban J connectivity index is 1.37. The lowest BCUT2D eigenvalue weighted by Crippen LogP contribution is -2.51. The average Bonchev–Trinajstić information content (AvgIpc) is 3.46. The molecule has 2 aliphatic rings. The molecule has 0 saturated carbocycles. The number of rotatable bonds is 7. The van der Waals surface area contributed by atoms with E-state index in [4.69, 9.17) is 0 Å². The molecule has 2 N–H and O–H groups in total. The summed E-state index contributed by atoms with van der Waals surface area (Å²) in [5, 5.41) is 13.3. The molecular weight excluding hydrogens is 458 g/mol. The first-order valence-electron chi connectivity index (χ1n) is 12.2. The summed E-state index contributed by atoms with van der Waals surface area (Å²) in [7, 11) is 0. The van der Waals surface area contributed by atoms with Crippen LogP contribution in [0.15, 0.2) is 54.1 Å². The van der Waals surface area contributed by atoms with Gasteiger partial charge in [0.1, 0.15) is 6.04 Å². The Bertz CT molecular complexity index is 1090. The standard InChI is InChI=1S/C28H35N3O3S/c1-18(2)26(35-4)21-11-9-20(10-12-21)14-29-27(33)25-13-24(32)17-31(25)28(34)19(3)30-15-22-7-5-6-8-23(22)16-30/h5-12,19,24-25,32H,13-17H2,1-4H3,(H,29,33). The van der Waals surface area contributed by atoms with Gasteiger partial charge in [0.25, 0.3) is 0 Å². The van der Waals surface area contributed by atoms with Gasteiger partial charge in [-0.25, -0.2) is 0 Å². The highest BCUT2D eigenvalue weighted by Crippen LogP contribution is 2.29. The number of aliphatic hydroxyl groups is 1. The molecule has 0 radical (unpaired) electrons. The van der Waals surface area contributed by atoms with E-state index in [1.807, 2.05) is 31.2 Å². The lowest BCUT2D eigenvalue weighted by atomic mass is 10.1. The molecule has 3 atom stereocenters. The van der Waals surface area contributed by atoms with E-state index in [-0.39, 0.29) is 30.8 Å². The van der Waals surface area contributed by atoms with Crippen molar-refractivity contribution >= 4 is 28.5 Å². The molecule has 2 amide bonds. The van der Waals surface area contributed by atoms with Crippen LogP contribution in [-0.4, -0.2) is 57.7 Å². The predicted molar refractivity (Wildman–Crippen MR) is 141 cm³/mol. The number of carbonyl (C=O) groups excluding carboxylic acids is 2. The highest BCUT2D eigenvalue weighted by molar-refractivity contribution is 8.07. The molecule has 35 heavy (non-hydrogen) atoms. The van der Waals surface area contributed by atoms with E-state index < -0.39 is 12.1 Å². The Morgan fingerprint density at radius 1 is 1.09 bits per heavy atom. The third-order valence-corrected chi connectivity index (χ3v) is 8.03. The lowest BCUT2D eigenvalue weighted by molar-refractivity contribution is -0.142. The van der Waals surface area contributed by atoms with Crippen molar-refractivity contribution in [2.24, 2.45) is 0 Å². The van der Waals surface area contributed by atoms with Gasteiger partial charge in [0.15, 0.2) is 0 Å². The zero-order valence-electron chi connectivity index (χ0n) is 21.0. The van der Waals surface area contributed by atoms with Gasteiger partial charge < -0.3 is 15.3 Å². The van der Waals surface area contributed by atoms with Gasteiger partial charge >= 0.3 is 0 Å². The van der Waals surface area contributed by atoms with Crippen molar-refractivity contribution in [2.45, 2.75) is 65.0 Å². The number of nitrogens with one attached hydrogen (secondary N) is 1. The highest BCUT2D eigenvalue weighted by Gasteiger charge is 2.41.